The van der Waals surface area contributed by atoms with E-state index in [4.69, 9.17) is 4.74 Å². The molecule has 0 fully saturated rings. The number of aromatic nitrogens is 2. The number of para-hydroxylation sites is 1. The second-order valence-electron chi connectivity index (χ2n) is 4.30. The molecule has 0 saturated carbocycles. The highest BCUT2D eigenvalue weighted by atomic mass is 32.1. The van der Waals surface area contributed by atoms with E-state index in [2.05, 4.69) is 4.98 Å². The molecule has 6 heteroatoms. The van der Waals surface area contributed by atoms with E-state index in [1.807, 2.05) is 12.3 Å². The van der Waals surface area contributed by atoms with Crippen molar-refractivity contribution in [1.29, 1.82) is 0 Å². The van der Waals surface area contributed by atoms with Crippen LogP contribution in [0.25, 0.3) is 4.96 Å². The lowest BCUT2D eigenvalue weighted by Crippen LogP contribution is -2.16. The van der Waals surface area contributed by atoms with Crippen molar-refractivity contribution in [2.24, 2.45) is 0 Å². The minimum atomic E-state index is -0.433. The Morgan fingerprint density at radius 2 is 2.20 bits per heavy atom. The molecule has 102 valence electrons. The molecule has 0 radical (unpaired) electrons. The minimum Gasteiger partial charge on any atom is -0.484 e. The van der Waals surface area contributed by atoms with Gasteiger partial charge in [-0.3, -0.25) is 9.20 Å². The third-order valence-electron chi connectivity index (χ3n) is 2.84. The Morgan fingerprint density at radius 1 is 1.40 bits per heavy atom. The highest BCUT2D eigenvalue weighted by Crippen LogP contribution is 2.17. The normalized spacial score (nSPS) is 10.9. The van der Waals surface area contributed by atoms with Gasteiger partial charge in [-0.15, -0.1) is 11.3 Å². The topological polar surface area (TPSA) is 43.6 Å². The molecule has 0 spiro atoms. The monoisotopic (exact) mass is 290 g/mol. The summed E-state index contributed by atoms with van der Waals surface area (Å²) >= 11 is 1.39. The molecule has 0 amide bonds. The molecule has 0 bridgehead atoms. The van der Waals surface area contributed by atoms with Crippen LogP contribution in [0.4, 0.5) is 4.39 Å². The number of thiazole rings is 1. The van der Waals surface area contributed by atoms with Crippen LogP contribution in [0.1, 0.15) is 11.4 Å². The van der Waals surface area contributed by atoms with E-state index in [1.54, 1.807) is 12.1 Å². The Kier molecular flexibility index (Phi) is 3.23. The molecule has 0 atom stereocenters. The quantitative estimate of drug-likeness (QED) is 0.745. The van der Waals surface area contributed by atoms with Gasteiger partial charge in [0.1, 0.15) is 6.61 Å². The molecule has 0 aliphatic rings. The number of halogens is 1. The van der Waals surface area contributed by atoms with Gasteiger partial charge in [0.25, 0.3) is 5.56 Å². The van der Waals surface area contributed by atoms with E-state index in [0.717, 1.165) is 5.69 Å². The lowest BCUT2D eigenvalue weighted by molar-refractivity contribution is 0.286. The van der Waals surface area contributed by atoms with Crippen LogP contribution >= 0.6 is 11.3 Å². The lowest BCUT2D eigenvalue weighted by Gasteiger charge is -2.06. The molecular weight excluding hydrogens is 279 g/mol. The molecule has 0 aliphatic carbocycles. The van der Waals surface area contributed by atoms with Crippen molar-refractivity contribution in [3.8, 4) is 5.75 Å². The maximum atomic E-state index is 13.4. The van der Waals surface area contributed by atoms with Gasteiger partial charge >= 0.3 is 0 Å². The van der Waals surface area contributed by atoms with Gasteiger partial charge in [-0.05, 0) is 19.1 Å². The zero-order chi connectivity index (χ0) is 14.1. The summed E-state index contributed by atoms with van der Waals surface area (Å²) < 4.78 is 20.3. The van der Waals surface area contributed by atoms with Crippen LogP contribution in [0.15, 0.2) is 40.5 Å². The molecule has 3 aromatic rings. The molecule has 0 N–H and O–H groups in total. The number of nitrogens with zero attached hydrogens (tertiary/aromatic N) is 2. The first-order valence-electron chi connectivity index (χ1n) is 5.99. The molecule has 0 aliphatic heterocycles. The van der Waals surface area contributed by atoms with Crippen molar-refractivity contribution in [2.75, 3.05) is 0 Å². The molecule has 0 unspecified atom stereocenters. The molecular formula is C14H11FN2O2S. The minimum absolute atomic E-state index is 0.0591. The van der Waals surface area contributed by atoms with Crippen LogP contribution in [0, 0.1) is 12.7 Å². The van der Waals surface area contributed by atoms with Gasteiger partial charge in [-0.25, -0.2) is 9.37 Å². The van der Waals surface area contributed by atoms with E-state index in [1.165, 1.54) is 33.9 Å². The van der Waals surface area contributed by atoms with E-state index < -0.39 is 5.82 Å². The number of hydrogen-bond donors (Lipinski definition) is 0. The first kappa shape index (κ1) is 12.8. The third kappa shape index (κ3) is 2.30. The largest absolute Gasteiger partial charge is 0.484 e. The Morgan fingerprint density at radius 3 is 3.00 bits per heavy atom. The van der Waals surface area contributed by atoms with E-state index >= 15 is 0 Å². The first-order chi connectivity index (χ1) is 9.65. The second kappa shape index (κ2) is 5.05. The smallest absolute Gasteiger partial charge is 0.259 e. The van der Waals surface area contributed by atoms with Crippen molar-refractivity contribution in [3.63, 3.8) is 0 Å². The number of hydrogen-bond acceptors (Lipinski definition) is 4. The van der Waals surface area contributed by atoms with Gasteiger partial charge in [0.2, 0.25) is 0 Å². The predicted molar refractivity (Wildman–Crippen MR) is 74.8 cm³/mol. The summed E-state index contributed by atoms with van der Waals surface area (Å²) in [5, 5.41) is 1.87. The average molecular weight is 290 g/mol. The Balaban J connectivity index is 1.89. The Labute approximate surface area is 118 Å². The first-order valence-corrected chi connectivity index (χ1v) is 6.87. The highest BCUT2D eigenvalue weighted by molar-refractivity contribution is 7.15. The molecule has 2 aromatic heterocycles. The molecule has 0 saturated heterocycles. The van der Waals surface area contributed by atoms with Crippen molar-refractivity contribution < 1.29 is 9.13 Å². The fourth-order valence-corrected chi connectivity index (χ4v) is 2.78. The zero-order valence-electron chi connectivity index (χ0n) is 10.7. The summed E-state index contributed by atoms with van der Waals surface area (Å²) in [4.78, 5) is 16.9. The van der Waals surface area contributed by atoms with Gasteiger partial charge in [0, 0.05) is 17.1 Å². The van der Waals surface area contributed by atoms with Crippen molar-refractivity contribution >= 4 is 16.3 Å². The number of aryl methyl sites for hydroxylation is 1. The van der Waals surface area contributed by atoms with Crippen molar-refractivity contribution in [2.45, 2.75) is 13.5 Å². The summed E-state index contributed by atoms with van der Waals surface area (Å²) in [6.45, 7) is 1.91. The highest BCUT2D eigenvalue weighted by Gasteiger charge is 2.08. The predicted octanol–water partition coefficient (Wildman–Crippen LogP) is 2.78. The molecule has 1 aromatic carbocycles. The van der Waals surface area contributed by atoms with E-state index in [-0.39, 0.29) is 17.9 Å². The van der Waals surface area contributed by atoms with Crippen LogP contribution < -0.4 is 10.3 Å². The Hall–Kier alpha value is -2.21. The summed E-state index contributed by atoms with van der Waals surface area (Å²) in [5.41, 5.74) is 1.19. The van der Waals surface area contributed by atoms with Crippen LogP contribution in [-0.4, -0.2) is 9.38 Å². The summed E-state index contributed by atoms with van der Waals surface area (Å²) in [6.07, 6.45) is 0. The number of fused-ring (bicyclic) bond motifs is 1. The van der Waals surface area contributed by atoms with Crippen LogP contribution in [-0.2, 0) is 6.61 Å². The number of rotatable bonds is 3. The fourth-order valence-electron chi connectivity index (χ4n) is 1.89. The second-order valence-corrected chi connectivity index (χ2v) is 5.14. The Bertz CT molecular complexity index is 825. The van der Waals surface area contributed by atoms with Gasteiger partial charge in [0.15, 0.2) is 16.5 Å². The summed E-state index contributed by atoms with van der Waals surface area (Å²) in [7, 11) is 0. The number of ether oxygens (including phenoxy) is 1. The van der Waals surface area contributed by atoms with Crippen LogP contribution in [0.2, 0.25) is 0 Å². The average Bonchev–Trinajstić information content (AvgIpc) is 2.80. The van der Waals surface area contributed by atoms with Crippen LogP contribution in [0.5, 0.6) is 5.75 Å². The molecule has 20 heavy (non-hydrogen) atoms. The van der Waals surface area contributed by atoms with Crippen molar-refractivity contribution in [1.82, 2.24) is 9.38 Å². The maximum Gasteiger partial charge on any atom is 0.259 e. The van der Waals surface area contributed by atoms with E-state index in [0.29, 0.717) is 10.7 Å². The zero-order valence-corrected chi connectivity index (χ0v) is 11.5. The van der Waals surface area contributed by atoms with E-state index in [9.17, 15) is 9.18 Å². The van der Waals surface area contributed by atoms with Crippen LogP contribution in [0.3, 0.4) is 0 Å². The van der Waals surface area contributed by atoms with Crippen molar-refractivity contribution in [3.05, 3.63) is 63.3 Å². The molecule has 2 heterocycles. The van der Waals surface area contributed by atoms with Gasteiger partial charge < -0.3 is 4.74 Å². The molecule has 3 rings (SSSR count). The summed E-state index contributed by atoms with van der Waals surface area (Å²) in [5.74, 6) is -0.283. The van der Waals surface area contributed by atoms with Gasteiger partial charge in [0.05, 0.1) is 5.69 Å². The standard InChI is InChI=1S/C14H11FN2O2S/c1-9-8-20-14-16-10(6-13(18)17(9)14)7-19-12-5-3-2-4-11(12)15/h2-6,8H,7H2,1H3. The SMILES string of the molecule is Cc1csc2nc(COc3ccccc3F)cc(=O)n12. The summed E-state index contributed by atoms with van der Waals surface area (Å²) in [6, 6.07) is 7.55. The van der Waals surface area contributed by atoms with Gasteiger partial charge in [-0.2, -0.15) is 0 Å². The molecule has 4 nitrogen and oxygen atoms in total. The number of benzene rings is 1. The van der Waals surface area contributed by atoms with Gasteiger partial charge in [-0.1, -0.05) is 12.1 Å². The fraction of sp³-hybridized carbons (Fsp3) is 0.143. The lowest BCUT2D eigenvalue weighted by atomic mass is 10.3. The maximum absolute atomic E-state index is 13.4. The third-order valence-corrected chi connectivity index (χ3v) is 3.78.